The molecule has 0 amide bonds. The molecule has 0 atom stereocenters. The van der Waals surface area contributed by atoms with Crippen molar-refractivity contribution in [1.82, 2.24) is 9.78 Å². The summed E-state index contributed by atoms with van der Waals surface area (Å²) in [4.78, 5) is 10.8. The summed E-state index contributed by atoms with van der Waals surface area (Å²) in [6.45, 7) is 1.31. The van der Waals surface area contributed by atoms with Gasteiger partial charge in [0.15, 0.2) is 5.78 Å². The second-order valence-corrected chi connectivity index (χ2v) is 2.43. The Morgan fingerprint density at radius 1 is 1.67 bits per heavy atom. The number of Topliss-reactive ketones (excluding diaryl/α,β-unsaturated/α-hetero) is 1. The Labute approximate surface area is 68.0 Å². The molecule has 0 saturated heterocycles. The van der Waals surface area contributed by atoms with Crippen LogP contribution in [0.2, 0.25) is 0 Å². The normalized spacial score (nSPS) is 10.8. The smallest absolute Gasteiger partial charge is 0.282 e. The summed E-state index contributed by atoms with van der Waals surface area (Å²) in [5, 5.41) is 3.48. The van der Waals surface area contributed by atoms with Crippen LogP contribution in [0.25, 0.3) is 0 Å². The number of alkyl halides is 2. The van der Waals surface area contributed by atoms with E-state index < -0.39 is 6.43 Å². The largest absolute Gasteiger partial charge is 0.293 e. The van der Waals surface area contributed by atoms with Gasteiger partial charge in [0, 0.05) is 14.0 Å². The number of hydrogen-bond donors (Lipinski definition) is 0. The van der Waals surface area contributed by atoms with Gasteiger partial charge in [0.25, 0.3) is 6.43 Å². The minimum Gasteiger partial charge on any atom is -0.293 e. The first-order valence-corrected chi connectivity index (χ1v) is 3.35. The second kappa shape index (κ2) is 3.00. The Kier molecular flexibility index (Phi) is 2.21. The van der Waals surface area contributed by atoms with Crippen molar-refractivity contribution < 1.29 is 13.6 Å². The first-order valence-electron chi connectivity index (χ1n) is 3.35. The topological polar surface area (TPSA) is 34.9 Å². The fraction of sp³-hybridized carbons (Fsp3) is 0.429. The van der Waals surface area contributed by atoms with E-state index in [2.05, 4.69) is 5.10 Å². The zero-order chi connectivity index (χ0) is 9.30. The summed E-state index contributed by atoms with van der Waals surface area (Å²) < 4.78 is 25.2. The van der Waals surface area contributed by atoms with E-state index in [4.69, 9.17) is 0 Å². The highest BCUT2D eigenvalue weighted by Gasteiger charge is 2.15. The zero-order valence-corrected chi connectivity index (χ0v) is 6.71. The van der Waals surface area contributed by atoms with Crippen LogP contribution in [0.5, 0.6) is 0 Å². The number of halogens is 2. The van der Waals surface area contributed by atoms with Gasteiger partial charge < -0.3 is 0 Å². The van der Waals surface area contributed by atoms with Crippen LogP contribution in [-0.4, -0.2) is 15.6 Å². The molecule has 0 unspecified atom stereocenters. The molecule has 0 saturated carbocycles. The lowest BCUT2D eigenvalue weighted by molar-refractivity contribution is 0.100. The van der Waals surface area contributed by atoms with Crippen LogP contribution in [0.1, 0.15) is 29.5 Å². The monoisotopic (exact) mass is 174 g/mol. The molecule has 0 bridgehead atoms. The number of ketones is 1. The number of hydrogen-bond acceptors (Lipinski definition) is 2. The van der Waals surface area contributed by atoms with Crippen molar-refractivity contribution in [3.05, 3.63) is 17.5 Å². The molecule has 0 radical (unpaired) electrons. The Morgan fingerprint density at radius 3 is 2.50 bits per heavy atom. The van der Waals surface area contributed by atoms with Gasteiger partial charge in [-0.05, 0) is 6.07 Å². The van der Waals surface area contributed by atoms with Gasteiger partial charge in [-0.2, -0.15) is 5.10 Å². The Hall–Kier alpha value is -1.26. The van der Waals surface area contributed by atoms with Crippen molar-refractivity contribution in [2.75, 3.05) is 0 Å². The first kappa shape index (κ1) is 8.83. The van der Waals surface area contributed by atoms with E-state index in [1.54, 1.807) is 0 Å². The third-order valence-corrected chi connectivity index (χ3v) is 1.48. The van der Waals surface area contributed by atoms with Crippen LogP contribution in [0.3, 0.4) is 0 Å². The van der Waals surface area contributed by atoms with Gasteiger partial charge in [-0.15, -0.1) is 0 Å². The van der Waals surface area contributed by atoms with Gasteiger partial charge in [0.05, 0.1) is 0 Å². The molecular weight excluding hydrogens is 166 g/mol. The molecule has 0 fully saturated rings. The highest BCUT2D eigenvalue weighted by Crippen LogP contribution is 2.17. The summed E-state index contributed by atoms with van der Waals surface area (Å²) in [5.74, 6) is -0.267. The van der Waals surface area contributed by atoms with Crippen LogP contribution in [0.15, 0.2) is 6.07 Å². The maximum absolute atomic E-state index is 12.0. The van der Waals surface area contributed by atoms with E-state index in [-0.39, 0.29) is 17.2 Å². The highest BCUT2D eigenvalue weighted by molar-refractivity contribution is 5.92. The molecule has 1 heterocycles. The van der Waals surface area contributed by atoms with Crippen molar-refractivity contribution >= 4 is 5.78 Å². The van der Waals surface area contributed by atoms with E-state index >= 15 is 0 Å². The average Bonchev–Trinajstić information content (AvgIpc) is 2.30. The molecular formula is C7H8F2N2O. The molecule has 0 spiro atoms. The Morgan fingerprint density at radius 2 is 2.25 bits per heavy atom. The van der Waals surface area contributed by atoms with E-state index in [1.165, 1.54) is 14.0 Å². The maximum atomic E-state index is 12.0. The Balaban J connectivity index is 3.09. The molecule has 1 aromatic heterocycles. The molecule has 0 aliphatic heterocycles. The van der Waals surface area contributed by atoms with Crippen LogP contribution in [0, 0.1) is 0 Å². The van der Waals surface area contributed by atoms with Gasteiger partial charge in [-0.1, -0.05) is 0 Å². The molecule has 12 heavy (non-hydrogen) atoms. The molecule has 1 rings (SSSR count). The summed E-state index contributed by atoms with van der Waals surface area (Å²) in [6, 6.07) is 1.10. The molecule has 1 aromatic rings. The van der Waals surface area contributed by atoms with Crippen molar-refractivity contribution in [3.8, 4) is 0 Å². The number of aromatic nitrogens is 2. The molecule has 0 aliphatic carbocycles. The Bertz CT molecular complexity index is 306. The van der Waals surface area contributed by atoms with Crippen molar-refractivity contribution in [1.29, 1.82) is 0 Å². The summed E-state index contributed by atoms with van der Waals surface area (Å²) in [7, 11) is 1.46. The quantitative estimate of drug-likeness (QED) is 0.637. The lowest BCUT2D eigenvalue weighted by atomic mass is 10.3. The fourth-order valence-electron chi connectivity index (χ4n) is 0.926. The average molecular weight is 174 g/mol. The van der Waals surface area contributed by atoms with Gasteiger partial charge >= 0.3 is 0 Å². The van der Waals surface area contributed by atoms with Gasteiger partial charge in [0.2, 0.25) is 0 Å². The summed E-state index contributed by atoms with van der Waals surface area (Å²) in [6.07, 6.45) is -2.62. The lowest BCUT2D eigenvalue weighted by Gasteiger charge is -1.92. The van der Waals surface area contributed by atoms with Crippen LogP contribution in [0.4, 0.5) is 8.78 Å². The third kappa shape index (κ3) is 1.49. The fourth-order valence-corrected chi connectivity index (χ4v) is 0.926. The lowest BCUT2D eigenvalue weighted by Crippen LogP contribution is -2.02. The number of rotatable bonds is 2. The van der Waals surface area contributed by atoms with E-state index in [9.17, 15) is 13.6 Å². The minimum atomic E-state index is -2.62. The number of carbonyl (C=O) groups excluding carboxylic acids is 1. The van der Waals surface area contributed by atoms with E-state index in [0.29, 0.717) is 0 Å². The summed E-state index contributed by atoms with van der Waals surface area (Å²) in [5.41, 5.74) is -0.159. The van der Waals surface area contributed by atoms with Gasteiger partial charge in [0.1, 0.15) is 11.4 Å². The number of nitrogens with zero attached hydrogens (tertiary/aromatic N) is 2. The predicted molar refractivity (Wildman–Crippen MR) is 38.2 cm³/mol. The highest BCUT2D eigenvalue weighted by atomic mass is 19.3. The van der Waals surface area contributed by atoms with Crippen LogP contribution >= 0.6 is 0 Å². The molecule has 0 aromatic carbocycles. The molecule has 3 nitrogen and oxygen atoms in total. The van der Waals surface area contributed by atoms with Gasteiger partial charge in [-0.25, -0.2) is 8.78 Å². The zero-order valence-electron chi connectivity index (χ0n) is 6.71. The van der Waals surface area contributed by atoms with Crippen molar-refractivity contribution in [3.63, 3.8) is 0 Å². The molecule has 66 valence electrons. The van der Waals surface area contributed by atoms with Crippen molar-refractivity contribution in [2.24, 2.45) is 7.05 Å². The minimum absolute atomic E-state index is 0.199. The molecule has 0 aliphatic rings. The third-order valence-electron chi connectivity index (χ3n) is 1.48. The van der Waals surface area contributed by atoms with Crippen LogP contribution < -0.4 is 0 Å². The van der Waals surface area contributed by atoms with E-state index in [1.807, 2.05) is 0 Å². The SMILES string of the molecule is CC(=O)c1cc(C(F)F)nn1C. The second-order valence-electron chi connectivity index (χ2n) is 2.43. The van der Waals surface area contributed by atoms with E-state index in [0.717, 1.165) is 10.7 Å². The first-order chi connectivity index (χ1) is 5.52. The number of aryl methyl sites for hydroxylation is 1. The number of carbonyl (C=O) groups is 1. The van der Waals surface area contributed by atoms with Crippen LogP contribution in [-0.2, 0) is 7.05 Å². The molecule has 0 N–H and O–H groups in total. The standard InChI is InChI=1S/C7H8F2N2O/c1-4(12)6-3-5(7(8)9)10-11(6)2/h3,7H,1-2H3. The maximum Gasteiger partial charge on any atom is 0.282 e. The molecule has 5 heteroatoms. The van der Waals surface area contributed by atoms with Crippen molar-refractivity contribution in [2.45, 2.75) is 13.3 Å². The predicted octanol–water partition coefficient (Wildman–Crippen LogP) is 1.56. The summed E-state index contributed by atoms with van der Waals surface area (Å²) >= 11 is 0. The van der Waals surface area contributed by atoms with Gasteiger partial charge in [-0.3, -0.25) is 9.48 Å².